The number of nitrogens with zero attached hydrogens (tertiary/aromatic N) is 2. The van der Waals surface area contributed by atoms with Gasteiger partial charge in [0.25, 0.3) is 0 Å². The molecule has 1 saturated carbocycles. The Bertz CT molecular complexity index is 1300. The molecule has 5 rings (SSSR count). The first-order chi connectivity index (χ1) is 16.6. The molecule has 0 radical (unpaired) electrons. The van der Waals surface area contributed by atoms with Crippen LogP contribution in [0.3, 0.4) is 0 Å². The minimum atomic E-state index is -0.938. The molecule has 1 heterocycles. The molecule has 1 aliphatic rings. The highest BCUT2D eigenvalue weighted by Crippen LogP contribution is 2.36. The second-order valence-electron chi connectivity index (χ2n) is 8.76. The fourth-order valence-electron chi connectivity index (χ4n) is 4.79. The topological polar surface area (TPSA) is 73.6 Å². The SMILES string of the molecule is COc1cccc(Oc2ccc(-c3nc4cc(C(=O)O)ccc4n3C3CCCCCC3)cc2)c1. The molecule has 3 aromatic carbocycles. The van der Waals surface area contributed by atoms with Gasteiger partial charge in [0.2, 0.25) is 0 Å². The summed E-state index contributed by atoms with van der Waals surface area (Å²) in [6, 6.07) is 21.0. The number of carboxylic acids is 1. The zero-order chi connectivity index (χ0) is 23.5. The van der Waals surface area contributed by atoms with Crippen molar-refractivity contribution in [3.8, 4) is 28.6 Å². The van der Waals surface area contributed by atoms with Crippen LogP contribution in [0.25, 0.3) is 22.4 Å². The molecule has 0 aliphatic heterocycles. The van der Waals surface area contributed by atoms with Crippen LogP contribution in [0, 0.1) is 0 Å². The summed E-state index contributed by atoms with van der Waals surface area (Å²) in [5, 5.41) is 9.45. The van der Waals surface area contributed by atoms with E-state index in [2.05, 4.69) is 4.57 Å². The number of aromatic nitrogens is 2. The van der Waals surface area contributed by atoms with E-state index in [1.54, 1.807) is 19.2 Å². The average Bonchev–Trinajstić information content (AvgIpc) is 3.03. The Labute approximate surface area is 198 Å². The number of rotatable bonds is 6. The number of carbonyl (C=O) groups is 1. The third-order valence-electron chi connectivity index (χ3n) is 6.52. The molecule has 6 heteroatoms. The number of carboxylic acid groups (broad SMARTS) is 1. The highest BCUT2D eigenvalue weighted by molar-refractivity contribution is 5.93. The lowest BCUT2D eigenvalue weighted by atomic mass is 10.1. The van der Waals surface area contributed by atoms with Crippen molar-refractivity contribution < 1.29 is 19.4 Å². The molecule has 0 amide bonds. The molecule has 0 unspecified atom stereocenters. The van der Waals surface area contributed by atoms with Gasteiger partial charge in [-0.25, -0.2) is 9.78 Å². The number of hydrogen-bond acceptors (Lipinski definition) is 4. The van der Waals surface area contributed by atoms with Crippen LogP contribution < -0.4 is 9.47 Å². The van der Waals surface area contributed by atoms with Crippen molar-refractivity contribution in [1.29, 1.82) is 0 Å². The first-order valence-corrected chi connectivity index (χ1v) is 11.8. The molecule has 6 nitrogen and oxygen atoms in total. The monoisotopic (exact) mass is 456 g/mol. The molecule has 0 saturated heterocycles. The van der Waals surface area contributed by atoms with Gasteiger partial charge in [-0.2, -0.15) is 0 Å². The van der Waals surface area contributed by atoms with Gasteiger partial charge in [-0.05, 0) is 67.4 Å². The fraction of sp³-hybridized carbons (Fsp3) is 0.286. The molecule has 0 spiro atoms. The van der Waals surface area contributed by atoms with E-state index in [0.717, 1.165) is 46.8 Å². The highest BCUT2D eigenvalue weighted by Gasteiger charge is 2.22. The first kappa shape index (κ1) is 22.0. The molecule has 0 bridgehead atoms. The van der Waals surface area contributed by atoms with Crippen LogP contribution in [-0.2, 0) is 0 Å². The van der Waals surface area contributed by atoms with Crippen molar-refractivity contribution in [2.24, 2.45) is 0 Å². The fourth-order valence-corrected chi connectivity index (χ4v) is 4.79. The molecule has 174 valence electrons. The maximum Gasteiger partial charge on any atom is 0.335 e. The Balaban J connectivity index is 1.52. The Morgan fingerprint density at radius 1 is 0.912 bits per heavy atom. The van der Waals surface area contributed by atoms with Gasteiger partial charge >= 0.3 is 5.97 Å². The zero-order valence-corrected chi connectivity index (χ0v) is 19.2. The number of fused-ring (bicyclic) bond motifs is 1. The van der Waals surface area contributed by atoms with E-state index in [1.807, 2.05) is 54.6 Å². The molecule has 1 aliphatic carbocycles. The Morgan fingerprint density at radius 3 is 2.35 bits per heavy atom. The summed E-state index contributed by atoms with van der Waals surface area (Å²) in [6.45, 7) is 0. The quantitative estimate of drug-likeness (QED) is 0.313. The van der Waals surface area contributed by atoms with Gasteiger partial charge in [-0.3, -0.25) is 0 Å². The van der Waals surface area contributed by atoms with Crippen LogP contribution in [0.5, 0.6) is 17.2 Å². The molecular weight excluding hydrogens is 428 g/mol. The van der Waals surface area contributed by atoms with E-state index in [-0.39, 0.29) is 5.56 Å². The molecule has 4 aromatic rings. The van der Waals surface area contributed by atoms with E-state index in [1.165, 1.54) is 25.7 Å². The summed E-state index contributed by atoms with van der Waals surface area (Å²) in [5.74, 6) is 2.11. The van der Waals surface area contributed by atoms with E-state index in [0.29, 0.717) is 11.8 Å². The average molecular weight is 457 g/mol. The van der Waals surface area contributed by atoms with Crippen molar-refractivity contribution >= 4 is 17.0 Å². The second kappa shape index (κ2) is 9.59. The van der Waals surface area contributed by atoms with Gasteiger partial charge < -0.3 is 19.1 Å². The summed E-state index contributed by atoms with van der Waals surface area (Å²) in [6.07, 6.45) is 7.14. The predicted octanol–water partition coefficient (Wildman–Crippen LogP) is 7.10. The van der Waals surface area contributed by atoms with Gasteiger partial charge in [0.15, 0.2) is 0 Å². The molecular formula is C28H28N2O4. The highest BCUT2D eigenvalue weighted by atomic mass is 16.5. The van der Waals surface area contributed by atoms with Crippen molar-refractivity contribution in [2.75, 3.05) is 7.11 Å². The van der Waals surface area contributed by atoms with Gasteiger partial charge in [-0.1, -0.05) is 31.7 Å². The van der Waals surface area contributed by atoms with Crippen LogP contribution in [0.1, 0.15) is 54.9 Å². The smallest absolute Gasteiger partial charge is 0.335 e. The van der Waals surface area contributed by atoms with Gasteiger partial charge in [0.05, 0.1) is 23.7 Å². The minimum Gasteiger partial charge on any atom is -0.497 e. The lowest BCUT2D eigenvalue weighted by Crippen LogP contribution is -2.10. The number of aromatic carboxylic acids is 1. The molecule has 34 heavy (non-hydrogen) atoms. The van der Waals surface area contributed by atoms with Crippen LogP contribution in [0.15, 0.2) is 66.7 Å². The van der Waals surface area contributed by atoms with Crippen LogP contribution >= 0.6 is 0 Å². The Kier molecular flexibility index (Phi) is 6.21. The summed E-state index contributed by atoms with van der Waals surface area (Å²) >= 11 is 0. The second-order valence-corrected chi connectivity index (χ2v) is 8.76. The third-order valence-corrected chi connectivity index (χ3v) is 6.52. The predicted molar refractivity (Wildman–Crippen MR) is 132 cm³/mol. The molecule has 1 N–H and O–H groups in total. The molecule has 1 aromatic heterocycles. The number of methoxy groups -OCH3 is 1. The maximum absolute atomic E-state index is 11.5. The number of imidazole rings is 1. The zero-order valence-electron chi connectivity index (χ0n) is 19.2. The molecule has 1 fully saturated rings. The lowest BCUT2D eigenvalue weighted by molar-refractivity contribution is 0.0697. The van der Waals surface area contributed by atoms with Gasteiger partial charge in [0, 0.05) is 17.7 Å². The number of hydrogen-bond donors (Lipinski definition) is 1. The normalized spacial score (nSPS) is 14.6. The van der Waals surface area contributed by atoms with Crippen LogP contribution in [0.4, 0.5) is 0 Å². The van der Waals surface area contributed by atoms with E-state index < -0.39 is 5.97 Å². The number of ether oxygens (including phenoxy) is 2. The van der Waals surface area contributed by atoms with E-state index >= 15 is 0 Å². The third kappa shape index (κ3) is 4.49. The van der Waals surface area contributed by atoms with Crippen molar-refractivity contribution in [3.63, 3.8) is 0 Å². The minimum absolute atomic E-state index is 0.256. The van der Waals surface area contributed by atoms with E-state index in [4.69, 9.17) is 14.5 Å². The standard InChI is InChI=1S/C28H28N2O4/c1-33-23-9-6-10-24(18-23)34-22-14-11-19(12-15-22)27-29-25-17-20(28(31)32)13-16-26(25)30(27)21-7-4-2-3-5-8-21/h6,9-18,21H,2-5,7-8H2,1H3,(H,31,32). The lowest BCUT2D eigenvalue weighted by Gasteiger charge is -2.20. The van der Waals surface area contributed by atoms with Crippen LogP contribution in [-0.4, -0.2) is 27.7 Å². The molecule has 0 atom stereocenters. The summed E-state index contributed by atoms with van der Waals surface area (Å²) < 4.78 is 13.6. The summed E-state index contributed by atoms with van der Waals surface area (Å²) in [4.78, 5) is 16.4. The van der Waals surface area contributed by atoms with Crippen molar-refractivity contribution in [2.45, 2.75) is 44.6 Å². The summed E-state index contributed by atoms with van der Waals surface area (Å²) in [7, 11) is 1.63. The van der Waals surface area contributed by atoms with Gasteiger partial charge in [-0.15, -0.1) is 0 Å². The van der Waals surface area contributed by atoms with E-state index in [9.17, 15) is 9.90 Å². The van der Waals surface area contributed by atoms with Crippen LogP contribution in [0.2, 0.25) is 0 Å². The number of benzene rings is 3. The van der Waals surface area contributed by atoms with Crippen molar-refractivity contribution in [1.82, 2.24) is 9.55 Å². The maximum atomic E-state index is 11.5. The van der Waals surface area contributed by atoms with Gasteiger partial charge in [0.1, 0.15) is 23.1 Å². The largest absolute Gasteiger partial charge is 0.497 e. The summed E-state index contributed by atoms with van der Waals surface area (Å²) in [5.41, 5.74) is 2.95. The Hall–Kier alpha value is -3.80. The van der Waals surface area contributed by atoms with Crippen molar-refractivity contribution in [3.05, 3.63) is 72.3 Å². The Morgan fingerprint density at radius 2 is 1.65 bits per heavy atom. The first-order valence-electron chi connectivity index (χ1n) is 11.8.